The number of benzene rings is 1. The summed E-state index contributed by atoms with van der Waals surface area (Å²) in [7, 11) is 1.60. The van der Waals surface area contributed by atoms with Crippen molar-refractivity contribution in [3.05, 3.63) is 24.3 Å². The van der Waals surface area contributed by atoms with Gasteiger partial charge in [-0.1, -0.05) is 12.1 Å². The molecule has 21 heavy (non-hydrogen) atoms. The Kier molecular flexibility index (Phi) is 5.59. The zero-order valence-electron chi connectivity index (χ0n) is 12.8. The minimum absolute atomic E-state index is 0.0174. The van der Waals surface area contributed by atoms with E-state index < -0.39 is 0 Å². The molecule has 1 amide bonds. The van der Waals surface area contributed by atoms with Crippen LogP contribution in [0.5, 0.6) is 5.75 Å². The van der Waals surface area contributed by atoms with E-state index in [1.165, 1.54) is 0 Å². The lowest BCUT2D eigenvalue weighted by atomic mass is 10.0. The van der Waals surface area contributed by atoms with Crippen LogP contribution in [0.2, 0.25) is 0 Å². The molecule has 2 rings (SSSR count). The second-order valence-corrected chi connectivity index (χ2v) is 5.71. The number of carbonyl (C=O) groups is 1. The molecule has 2 atom stereocenters. The second-order valence-electron chi connectivity index (χ2n) is 5.71. The highest BCUT2D eigenvalue weighted by Crippen LogP contribution is 2.23. The van der Waals surface area contributed by atoms with Crippen molar-refractivity contribution in [2.45, 2.75) is 25.8 Å². The highest BCUT2D eigenvalue weighted by molar-refractivity contribution is 5.92. The molecule has 1 aromatic carbocycles. The van der Waals surface area contributed by atoms with Crippen molar-refractivity contribution in [2.75, 3.05) is 32.1 Å². The van der Waals surface area contributed by atoms with Gasteiger partial charge in [0.1, 0.15) is 5.75 Å². The first-order valence-corrected chi connectivity index (χ1v) is 7.51. The maximum absolute atomic E-state index is 12.0. The van der Waals surface area contributed by atoms with E-state index in [0.29, 0.717) is 18.1 Å². The average Bonchev–Trinajstić information content (AvgIpc) is 2.95. The smallest absolute Gasteiger partial charge is 0.225 e. The van der Waals surface area contributed by atoms with E-state index >= 15 is 0 Å². The molecule has 1 saturated heterocycles. The van der Waals surface area contributed by atoms with Crippen molar-refractivity contribution in [1.29, 1.82) is 0 Å². The second kappa shape index (κ2) is 7.43. The molecule has 3 N–H and O–H groups in total. The summed E-state index contributed by atoms with van der Waals surface area (Å²) in [4.78, 5) is 14.4. The number of nitrogens with zero attached hydrogens (tertiary/aromatic N) is 1. The van der Waals surface area contributed by atoms with Crippen LogP contribution in [0.25, 0.3) is 0 Å². The van der Waals surface area contributed by atoms with Crippen molar-refractivity contribution in [1.82, 2.24) is 4.90 Å². The van der Waals surface area contributed by atoms with Gasteiger partial charge >= 0.3 is 0 Å². The first-order valence-electron chi connectivity index (χ1n) is 7.51. The lowest BCUT2D eigenvalue weighted by Gasteiger charge is -2.17. The predicted octanol–water partition coefficient (Wildman–Crippen LogP) is 1.69. The topological polar surface area (TPSA) is 67.6 Å². The van der Waals surface area contributed by atoms with Gasteiger partial charge < -0.3 is 20.7 Å². The van der Waals surface area contributed by atoms with Crippen LogP contribution in [0.4, 0.5) is 5.69 Å². The van der Waals surface area contributed by atoms with E-state index in [2.05, 4.69) is 17.1 Å². The third kappa shape index (κ3) is 4.44. The number of amides is 1. The van der Waals surface area contributed by atoms with Crippen LogP contribution in [0, 0.1) is 5.92 Å². The van der Waals surface area contributed by atoms with Gasteiger partial charge in [-0.2, -0.15) is 0 Å². The van der Waals surface area contributed by atoms with Crippen LogP contribution in [-0.4, -0.2) is 43.6 Å². The van der Waals surface area contributed by atoms with Gasteiger partial charge in [0.25, 0.3) is 0 Å². The van der Waals surface area contributed by atoms with Gasteiger partial charge in [0.05, 0.1) is 12.8 Å². The van der Waals surface area contributed by atoms with Gasteiger partial charge in [-0.15, -0.1) is 0 Å². The fraction of sp³-hybridized carbons (Fsp3) is 0.562. The maximum Gasteiger partial charge on any atom is 0.225 e. The molecule has 1 aromatic rings. The molecule has 1 aliphatic rings. The first-order chi connectivity index (χ1) is 10.1. The lowest BCUT2D eigenvalue weighted by molar-refractivity contribution is -0.116. The van der Waals surface area contributed by atoms with Crippen molar-refractivity contribution >= 4 is 11.6 Å². The standard InChI is InChI=1S/C16H25N3O2/c1-12(17)13-7-9-19(11-13)10-8-16(20)18-14-5-3-4-6-15(14)21-2/h3-6,12-13H,7-11,17H2,1-2H3,(H,18,20). The Labute approximate surface area is 126 Å². The third-order valence-corrected chi connectivity index (χ3v) is 4.09. The molecule has 0 radical (unpaired) electrons. The predicted molar refractivity (Wildman–Crippen MR) is 84.4 cm³/mol. The summed E-state index contributed by atoms with van der Waals surface area (Å²) >= 11 is 0. The number of methoxy groups -OCH3 is 1. The van der Waals surface area contributed by atoms with E-state index in [-0.39, 0.29) is 11.9 Å². The number of likely N-dealkylation sites (tertiary alicyclic amines) is 1. The Bertz CT molecular complexity index is 476. The van der Waals surface area contributed by atoms with E-state index in [0.717, 1.165) is 31.7 Å². The highest BCUT2D eigenvalue weighted by Gasteiger charge is 2.25. The molecule has 1 heterocycles. The Morgan fingerprint density at radius 3 is 2.95 bits per heavy atom. The fourth-order valence-corrected chi connectivity index (χ4v) is 2.72. The van der Waals surface area contributed by atoms with Crippen LogP contribution in [-0.2, 0) is 4.79 Å². The first kappa shape index (κ1) is 15.8. The molecule has 1 aliphatic heterocycles. The third-order valence-electron chi connectivity index (χ3n) is 4.09. The Morgan fingerprint density at radius 1 is 1.52 bits per heavy atom. The van der Waals surface area contributed by atoms with Gasteiger partial charge in [-0.25, -0.2) is 0 Å². The number of carbonyl (C=O) groups excluding carboxylic acids is 1. The molecule has 5 heteroatoms. The molecule has 0 spiro atoms. The van der Waals surface area contributed by atoms with E-state index in [4.69, 9.17) is 10.5 Å². The molecule has 0 aromatic heterocycles. The Balaban J connectivity index is 1.78. The molecule has 0 saturated carbocycles. The monoisotopic (exact) mass is 291 g/mol. The summed E-state index contributed by atoms with van der Waals surface area (Å²) < 4.78 is 5.23. The van der Waals surface area contributed by atoms with Crippen LogP contribution in [0.1, 0.15) is 19.8 Å². The molecule has 116 valence electrons. The zero-order valence-corrected chi connectivity index (χ0v) is 12.8. The largest absolute Gasteiger partial charge is 0.495 e. The molecular weight excluding hydrogens is 266 g/mol. The lowest BCUT2D eigenvalue weighted by Crippen LogP contribution is -2.31. The number of rotatable bonds is 6. The molecule has 1 fully saturated rings. The van der Waals surface area contributed by atoms with Crippen LogP contribution >= 0.6 is 0 Å². The number of hydrogen-bond acceptors (Lipinski definition) is 4. The highest BCUT2D eigenvalue weighted by atomic mass is 16.5. The molecule has 0 bridgehead atoms. The average molecular weight is 291 g/mol. The summed E-state index contributed by atoms with van der Waals surface area (Å²) in [5.74, 6) is 1.26. The fourth-order valence-electron chi connectivity index (χ4n) is 2.72. The number of nitrogens with two attached hydrogens (primary N) is 1. The van der Waals surface area contributed by atoms with E-state index in [1.807, 2.05) is 24.3 Å². The molecule has 0 aliphatic carbocycles. The zero-order chi connectivity index (χ0) is 15.2. The molecule has 2 unspecified atom stereocenters. The number of hydrogen-bond donors (Lipinski definition) is 2. The Morgan fingerprint density at radius 2 is 2.29 bits per heavy atom. The number of para-hydroxylation sites is 2. The van der Waals surface area contributed by atoms with Crippen molar-refractivity contribution in [3.8, 4) is 5.75 Å². The van der Waals surface area contributed by atoms with Crippen molar-refractivity contribution < 1.29 is 9.53 Å². The normalized spacial score (nSPS) is 20.2. The molecule has 5 nitrogen and oxygen atoms in total. The summed E-state index contributed by atoms with van der Waals surface area (Å²) in [5.41, 5.74) is 6.65. The van der Waals surface area contributed by atoms with Crippen molar-refractivity contribution in [2.24, 2.45) is 11.7 Å². The van der Waals surface area contributed by atoms with Crippen LogP contribution < -0.4 is 15.8 Å². The van der Waals surface area contributed by atoms with Gasteiger partial charge in [-0.05, 0) is 37.9 Å². The number of nitrogens with one attached hydrogen (secondary N) is 1. The van der Waals surface area contributed by atoms with Gasteiger partial charge in [0.2, 0.25) is 5.91 Å². The minimum atomic E-state index is 0.0174. The van der Waals surface area contributed by atoms with Gasteiger partial charge in [-0.3, -0.25) is 4.79 Å². The SMILES string of the molecule is COc1ccccc1NC(=O)CCN1CCC(C(C)N)C1. The molecular formula is C16H25N3O2. The minimum Gasteiger partial charge on any atom is -0.495 e. The Hall–Kier alpha value is -1.59. The number of anilines is 1. The summed E-state index contributed by atoms with van der Waals surface area (Å²) in [6, 6.07) is 7.68. The number of ether oxygens (including phenoxy) is 1. The summed E-state index contributed by atoms with van der Waals surface area (Å²) in [6.07, 6.45) is 1.62. The van der Waals surface area contributed by atoms with Crippen LogP contribution in [0.15, 0.2) is 24.3 Å². The van der Waals surface area contributed by atoms with Gasteiger partial charge in [0, 0.05) is 25.6 Å². The van der Waals surface area contributed by atoms with Crippen LogP contribution in [0.3, 0.4) is 0 Å². The quantitative estimate of drug-likeness (QED) is 0.837. The van der Waals surface area contributed by atoms with Gasteiger partial charge in [0.15, 0.2) is 0 Å². The summed E-state index contributed by atoms with van der Waals surface area (Å²) in [5, 5.41) is 2.90. The van der Waals surface area contributed by atoms with E-state index in [1.54, 1.807) is 7.11 Å². The van der Waals surface area contributed by atoms with E-state index in [9.17, 15) is 4.79 Å². The summed E-state index contributed by atoms with van der Waals surface area (Å²) in [6.45, 7) is 4.88. The maximum atomic E-state index is 12.0. The van der Waals surface area contributed by atoms with Crippen molar-refractivity contribution in [3.63, 3.8) is 0 Å².